The van der Waals surface area contributed by atoms with Crippen LogP contribution in [0.3, 0.4) is 0 Å². The van der Waals surface area contributed by atoms with E-state index in [4.69, 9.17) is 11.6 Å². The summed E-state index contributed by atoms with van der Waals surface area (Å²) in [4.78, 5) is 6.44. The molecule has 0 unspecified atom stereocenters. The maximum Gasteiger partial charge on any atom is 0.203 e. The summed E-state index contributed by atoms with van der Waals surface area (Å²) in [6.07, 6.45) is 1.80. The molecule has 0 bridgehead atoms. The Kier molecular flexibility index (Phi) is 5.33. The minimum absolute atomic E-state index is 0.751. The van der Waals surface area contributed by atoms with Gasteiger partial charge in [0.1, 0.15) is 0 Å². The van der Waals surface area contributed by atoms with Crippen molar-refractivity contribution in [2.75, 3.05) is 5.43 Å². The molecule has 6 heteroatoms. The number of rotatable bonds is 5. The molecule has 3 aromatic rings. The van der Waals surface area contributed by atoms with Gasteiger partial charge in [-0.3, -0.25) is 5.43 Å². The van der Waals surface area contributed by atoms with Crippen LogP contribution < -0.4 is 5.43 Å². The summed E-state index contributed by atoms with van der Waals surface area (Å²) in [6.45, 7) is 1.96. The zero-order valence-electron chi connectivity index (χ0n) is 12.4. The highest BCUT2D eigenvalue weighted by Gasteiger charge is 2.05. The van der Waals surface area contributed by atoms with E-state index in [2.05, 4.69) is 21.6 Å². The van der Waals surface area contributed by atoms with Crippen molar-refractivity contribution in [3.63, 3.8) is 0 Å². The van der Waals surface area contributed by atoms with Gasteiger partial charge in [0.25, 0.3) is 0 Å². The maximum atomic E-state index is 6.24. The van der Waals surface area contributed by atoms with E-state index in [0.29, 0.717) is 0 Å². The lowest BCUT2D eigenvalue weighted by Crippen LogP contribution is -1.92. The molecule has 0 fully saturated rings. The van der Waals surface area contributed by atoms with Crippen LogP contribution in [-0.2, 0) is 0 Å². The van der Waals surface area contributed by atoms with Gasteiger partial charge in [-0.05, 0) is 25.1 Å². The second-order valence-electron chi connectivity index (χ2n) is 4.73. The van der Waals surface area contributed by atoms with Gasteiger partial charge in [0, 0.05) is 20.7 Å². The van der Waals surface area contributed by atoms with Crippen molar-refractivity contribution in [2.45, 2.75) is 16.7 Å². The highest BCUT2D eigenvalue weighted by molar-refractivity contribution is 7.99. The first-order valence-corrected chi connectivity index (χ1v) is 9.02. The predicted octanol–water partition coefficient (Wildman–Crippen LogP) is 5.70. The standard InChI is InChI=1S/C17H14ClN3S2/c1-12-11-22-17(20-12)21-19-10-13-6-2-4-8-15(13)23-16-9-5-3-7-14(16)18/h2-11H,1H3,(H,20,21). The molecule has 3 rings (SSSR count). The highest BCUT2D eigenvalue weighted by Crippen LogP contribution is 2.34. The monoisotopic (exact) mass is 359 g/mol. The second-order valence-corrected chi connectivity index (χ2v) is 7.08. The number of hydrazone groups is 1. The number of hydrogen-bond donors (Lipinski definition) is 1. The summed E-state index contributed by atoms with van der Waals surface area (Å²) < 4.78 is 0. The Morgan fingerprint density at radius 2 is 1.87 bits per heavy atom. The zero-order chi connectivity index (χ0) is 16.1. The van der Waals surface area contributed by atoms with E-state index in [1.54, 1.807) is 18.0 Å². The maximum absolute atomic E-state index is 6.24. The fourth-order valence-corrected chi connectivity index (χ4v) is 3.71. The molecule has 0 amide bonds. The van der Waals surface area contributed by atoms with Crippen molar-refractivity contribution in [3.8, 4) is 0 Å². The van der Waals surface area contributed by atoms with Crippen LogP contribution >= 0.6 is 34.7 Å². The third-order valence-electron chi connectivity index (χ3n) is 2.96. The number of benzene rings is 2. The molecular formula is C17H14ClN3S2. The van der Waals surface area contributed by atoms with E-state index in [9.17, 15) is 0 Å². The Bertz CT molecular complexity index is 830. The van der Waals surface area contributed by atoms with Crippen LogP contribution in [0.15, 0.2) is 68.8 Å². The summed E-state index contributed by atoms with van der Waals surface area (Å²) in [7, 11) is 0. The van der Waals surface area contributed by atoms with Crippen LogP contribution in [0.1, 0.15) is 11.3 Å². The first kappa shape index (κ1) is 16.1. The average Bonchev–Trinajstić information content (AvgIpc) is 2.97. The number of aryl methyl sites for hydroxylation is 1. The second kappa shape index (κ2) is 7.64. The molecule has 0 aliphatic heterocycles. The molecule has 116 valence electrons. The van der Waals surface area contributed by atoms with Gasteiger partial charge in [-0.25, -0.2) is 4.98 Å². The Hall–Kier alpha value is -1.82. The summed E-state index contributed by atoms with van der Waals surface area (Å²) in [5, 5.41) is 7.80. The molecule has 3 nitrogen and oxygen atoms in total. The first-order chi connectivity index (χ1) is 11.2. The van der Waals surface area contributed by atoms with Crippen molar-refractivity contribution in [3.05, 3.63) is 70.2 Å². The fourth-order valence-electron chi connectivity index (χ4n) is 1.89. The molecule has 0 atom stereocenters. The van der Waals surface area contributed by atoms with E-state index in [-0.39, 0.29) is 0 Å². The lowest BCUT2D eigenvalue weighted by molar-refractivity contribution is 1.22. The van der Waals surface area contributed by atoms with Crippen molar-refractivity contribution in [1.29, 1.82) is 0 Å². The molecule has 0 spiro atoms. The summed E-state index contributed by atoms with van der Waals surface area (Å²) in [6, 6.07) is 15.9. The largest absolute Gasteiger partial charge is 0.253 e. The SMILES string of the molecule is Cc1csc(NN=Cc2ccccc2Sc2ccccc2Cl)n1. The molecular weight excluding hydrogens is 346 g/mol. The highest BCUT2D eigenvalue weighted by atomic mass is 35.5. The number of hydrogen-bond acceptors (Lipinski definition) is 5. The lowest BCUT2D eigenvalue weighted by Gasteiger charge is -2.06. The molecule has 1 heterocycles. The molecule has 2 aromatic carbocycles. The van der Waals surface area contributed by atoms with Crippen molar-refractivity contribution in [2.24, 2.45) is 5.10 Å². The Balaban J connectivity index is 1.76. The van der Waals surface area contributed by atoms with Gasteiger partial charge in [0.15, 0.2) is 0 Å². The summed E-state index contributed by atoms with van der Waals surface area (Å²) in [5.74, 6) is 0. The van der Waals surface area contributed by atoms with Crippen LogP contribution in [-0.4, -0.2) is 11.2 Å². The number of nitrogens with zero attached hydrogens (tertiary/aromatic N) is 2. The summed E-state index contributed by atoms with van der Waals surface area (Å²) >= 11 is 9.40. The van der Waals surface area contributed by atoms with Gasteiger partial charge in [0.2, 0.25) is 5.13 Å². The predicted molar refractivity (Wildman–Crippen MR) is 100 cm³/mol. The summed E-state index contributed by atoms with van der Waals surface area (Å²) in [5.41, 5.74) is 4.97. The van der Waals surface area contributed by atoms with Crippen molar-refractivity contribution < 1.29 is 0 Å². The quantitative estimate of drug-likeness (QED) is 0.468. The average molecular weight is 360 g/mol. The molecule has 1 aromatic heterocycles. The normalized spacial score (nSPS) is 11.0. The van der Waals surface area contributed by atoms with Crippen LogP contribution in [0.5, 0.6) is 0 Å². The first-order valence-electron chi connectivity index (χ1n) is 6.95. The molecule has 23 heavy (non-hydrogen) atoms. The van der Waals surface area contributed by atoms with Crippen molar-refractivity contribution >= 4 is 46.0 Å². The molecule has 1 N–H and O–H groups in total. The van der Waals surface area contributed by atoms with E-state index in [0.717, 1.165) is 31.2 Å². The smallest absolute Gasteiger partial charge is 0.203 e. The van der Waals surface area contributed by atoms with E-state index in [1.165, 1.54) is 11.3 Å². The van der Waals surface area contributed by atoms with Crippen LogP contribution in [0.2, 0.25) is 5.02 Å². The Labute approximate surface area is 148 Å². The number of thiazole rings is 1. The Morgan fingerprint density at radius 3 is 2.61 bits per heavy atom. The third-order valence-corrected chi connectivity index (χ3v) is 5.43. The van der Waals surface area contributed by atoms with Crippen molar-refractivity contribution in [1.82, 2.24) is 4.98 Å². The molecule has 0 saturated heterocycles. The Morgan fingerprint density at radius 1 is 1.13 bits per heavy atom. The number of halogens is 1. The fraction of sp³-hybridized carbons (Fsp3) is 0.0588. The molecule has 0 radical (unpaired) electrons. The van der Waals surface area contributed by atoms with Gasteiger partial charge in [-0.2, -0.15) is 5.10 Å². The minimum Gasteiger partial charge on any atom is -0.253 e. The minimum atomic E-state index is 0.751. The third kappa shape index (κ3) is 4.34. The van der Waals surface area contributed by atoms with E-state index >= 15 is 0 Å². The number of anilines is 1. The zero-order valence-corrected chi connectivity index (χ0v) is 14.8. The van der Waals surface area contributed by atoms with Gasteiger partial charge in [-0.1, -0.05) is 53.7 Å². The van der Waals surface area contributed by atoms with E-state index in [1.807, 2.05) is 54.8 Å². The van der Waals surface area contributed by atoms with Crippen LogP contribution in [0, 0.1) is 6.92 Å². The number of nitrogens with one attached hydrogen (secondary N) is 1. The molecule has 0 saturated carbocycles. The van der Waals surface area contributed by atoms with E-state index < -0.39 is 0 Å². The van der Waals surface area contributed by atoms with Gasteiger partial charge < -0.3 is 0 Å². The number of aromatic nitrogens is 1. The van der Waals surface area contributed by atoms with Gasteiger partial charge in [-0.15, -0.1) is 11.3 Å². The van der Waals surface area contributed by atoms with Crippen LogP contribution in [0.25, 0.3) is 0 Å². The van der Waals surface area contributed by atoms with Gasteiger partial charge >= 0.3 is 0 Å². The van der Waals surface area contributed by atoms with Gasteiger partial charge in [0.05, 0.1) is 16.9 Å². The molecule has 0 aliphatic carbocycles. The topological polar surface area (TPSA) is 37.3 Å². The lowest BCUT2D eigenvalue weighted by atomic mass is 10.2. The van der Waals surface area contributed by atoms with Crippen LogP contribution in [0.4, 0.5) is 5.13 Å². The molecule has 0 aliphatic rings.